The van der Waals surface area contributed by atoms with Crippen LogP contribution in [0.4, 0.5) is 5.69 Å². The largest absolute Gasteiger partial charge is 0.494 e. The highest BCUT2D eigenvalue weighted by atomic mass is 32.2. The number of fused-ring (bicyclic) bond motifs is 3. The van der Waals surface area contributed by atoms with E-state index in [9.17, 15) is 9.59 Å². The third-order valence-electron chi connectivity index (χ3n) is 5.32. The molecule has 1 amide bonds. The number of ether oxygens (including phenoxy) is 1. The Kier molecular flexibility index (Phi) is 5.82. The number of hydrogen-bond donors (Lipinski definition) is 1. The van der Waals surface area contributed by atoms with Gasteiger partial charge in [0.05, 0.1) is 17.9 Å². The average Bonchev–Trinajstić information content (AvgIpc) is 2.78. The fourth-order valence-electron chi connectivity index (χ4n) is 3.95. The first-order chi connectivity index (χ1) is 15.0. The number of nitrogens with one attached hydrogen (secondary N) is 1. The highest BCUT2D eigenvalue weighted by Crippen LogP contribution is 2.38. The Morgan fingerprint density at radius 3 is 2.71 bits per heavy atom. The Morgan fingerprint density at radius 1 is 1.26 bits per heavy atom. The van der Waals surface area contributed by atoms with Gasteiger partial charge in [0.25, 0.3) is 6.17 Å². The second kappa shape index (κ2) is 8.55. The van der Waals surface area contributed by atoms with E-state index in [1.54, 1.807) is 9.58 Å². The van der Waals surface area contributed by atoms with Gasteiger partial charge in [-0.05, 0) is 60.7 Å². The quantitative estimate of drug-likeness (QED) is 0.489. The molecule has 1 aliphatic heterocycles. The van der Waals surface area contributed by atoms with Crippen molar-refractivity contribution < 1.29 is 14.2 Å². The molecular formula is C23H25N4O3S+. The molecule has 3 aromatic rings. The van der Waals surface area contributed by atoms with Gasteiger partial charge in [0.15, 0.2) is 0 Å². The topological polar surface area (TPSA) is 79.2 Å². The van der Waals surface area contributed by atoms with E-state index >= 15 is 0 Å². The lowest BCUT2D eigenvalue weighted by Crippen LogP contribution is -2.60. The summed E-state index contributed by atoms with van der Waals surface area (Å²) in [5, 5.41) is 5.19. The molecular weight excluding hydrogens is 412 g/mol. The van der Waals surface area contributed by atoms with Crippen molar-refractivity contribution in [1.82, 2.24) is 10.1 Å². The van der Waals surface area contributed by atoms with Crippen molar-refractivity contribution in [3.05, 3.63) is 63.9 Å². The van der Waals surface area contributed by atoms with Gasteiger partial charge in [0.1, 0.15) is 5.75 Å². The lowest BCUT2D eigenvalue weighted by molar-refractivity contribution is -0.763. The number of hydrogen-bond acceptors (Lipinski definition) is 5. The van der Waals surface area contributed by atoms with Gasteiger partial charge in [-0.1, -0.05) is 30.8 Å². The fraction of sp³-hybridized carbons (Fsp3) is 0.304. The zero-order valence-electron chi connectivity index (χ0n) is 18.0. The number of anilines is 1. The normalized spacial score (nSPS) is 14.7. The van der Waals surface area contributed by atoms with Crippen molar-refractivity contribution in [3.8, 4) is 17.0 Å². The Bertz CT molecular complexity index is 1210. The van der Waals surface area contributed by atoms with Gasteiger partial charge in [0, 0.05) is 17.1 Å². The maximum Gasteiger partial charge on any atom is 0.325 e. The van der Waals surface area contributed by atoms with Crippen molar-refractivity contribution in [1.29, 1.82) is 0 Å². The molecule has 160 valence electrons. The van der Waals surface area contributed by atoms with E-state index in [1.807, 2.05) is 69.5 Å². The molecule has 0 saturated heterocycles. The van der Waals surface area contributed by atoms with Crippen LogP contribution in [0.2, 0.25) is 0 Å². The summed E-state index contributed by atoms with van der Waals surface area (Å²) in [6, 6.07) is 13.3. The second-order valence-electron chi connectivity index (χ2n) is 7.22. The summed E-state index contributed by atoms with van der Waals surface area (Å²) in [5.41, 5.74) is 3.40. The first kappa shape index (κ1) is 21.1. The summed E-state index contributed by atoms with van der Waals surface area (Å²) in [5.74, 6) is 0.750. The molecule has 4 rings (SSSR count). The summed E-state index contributed by atoms with van der Waals surface area (Å²) in [4.78, 5) is 30.9. The zero-order chi connectivity index (χ0) is 22.1. The number of amides is 1. The maximum absolute atomic E-state index is 13.2. The number of aromatic nitrogens is 3. The van der Waals surface area contributed by atoms with Gasteiger partial charge in [-0.15, -0.1) is 0 Å². The number of benzene rings is 2. The van der Waals surface area contributed by atoms with Crippen LogP contribution in [0.3, 0.4) is 0 Å². The maximum atomic E-state index is 13.2. The van der Waals surface area contributed by atoms with Crippen LogP contribution in [-0.2, 0) is 4.79 Å². The molecule has 8 heteroatoms. The van der Waals surface area contributed by atoms with Crippen molar-refractivity contribution in [2.45, 2.75) is 38.5 Å². The number of rotatable bonds is 5. The summed E-state index contributed by atoms with van der Waals surface area (Å²) in [6.45, 7) is 6.33. The highest BCUT2D eigenvalue weighted by Gasteiger charge is 2.45. The molecule has 1 atom stereocenters. The molecule has 1 aromatic heterocycles. The predicted octanol–water partition coefficient (Wildman–Crippen LogP) is 3.46. The average molecular weight is 438 g/mol. The molecule has 0 aliphatic carbocycles. The number of carbonyl (C=O) groups is 1. The number of carbonyl (C=O) groups excluding carboxylic acids is 1. The fourth-order valence-corrected chi connectivity index (χ4v) is 4.32. The first-order valence-corrected chi connectivity index (χ1v) is 11.5. The summed E-state index contributed by atoms with van der Waals surface area (Å²) < 4.78 is 7.37. The van der Waals surface area contributed by atoms with Crippen LogP contribution in [0.15, 0.2) is 52.4 Å². The van der Waals surface area contributed by atoms with E-state index in [1.165, 1.54) is 11.8 Å². The van der Waals surface area contributed by atoms with E-state index in [0.29, 0.717) is 35.1 Å². The smallest absolute Gasteiger partial charge is 0.325 e. The molecule has 0 fully saturated rings. The lowest BCUT2D eigenvalue weighted by Gasteiger charge is -2.32. The zero-order valence-corrected chi connectivity index (χ0v) is 18.8. The molecule has 1 N–H and O–H groups in total. The molecule has 0 unspecified atom stereocenters. The second-order valence-corrected chi connectivity index (χ2v) is 8.02. The Morgan fingerprint density at radius 2 is 2.03 bits per heavy atom. The minimum Gasteiger partial charge on any atom is -0.494 e. The van der Waals surface area contributed by atoms with Crippen molar-refractivity contribution in [3.63, 3.8) is 0 Å². The van der Waals surface area contributed by atoms with E-state index in [0.717, 1.165) is 16.9 Å². The standard InChI is InChI=1S/C23H24N4O3S/c1-5-19(28)26-17-10-8-7-9-16(17)20-21(29)24-23(31-4)25-27(20)22(26)15-11-12-18(30-6-2)14(3)13-15/h7-13,22H,5-6H2,1-4H3/p+1/t22-/m1/s1. The molecule has 2 heterocycles. The lowest BCUT2D eigenvalue weighted by atomic mass is 10.00. The number of aromatic amines is 1. The van der Waals surface area contributed by atoms with Crippen molar-refractivity contribution in [2.75, 3.05) is 17.8 Å². The predicted molar refractivity (Wildman–Crippen MR) is 121 cm³/mol. The van der Waals surface area contributed by atoms with E-state index in [4.69, 9.17) is 9.84 Å². The minimum atomic E-state index is -0.583. The number of nitrogens with zero attached hydrogens (tertiary/aromatic N) is 3. The van der Waals surface area contributed by atoms with Crippen molar-refractivity contribution in [2.24, 2.45) is 0 Å². The molecule has 0 saturated carbocycles. The van der Waals surface area contributed by atoms with Crippen molar-refractivity contribution >= 4 is 23.4 Å². The van der Waals surface area contributed by atoms with Gasteiger partial charge < -0.3 is 4.74 Å². The monoisotopic (exact) mass is 437 g/mol. The molecule has 0 radical (unpaired) electrons. The molecule has 31 heavy (non-hydrogen) atoms. The molecule has 2 aromatic carbocycles. The molecule has 0 spiro atoms. The number of thioether (sulfide) groups is 1. The number of para-hydroxylation sites is 1. The van der Waals surface area contributed by atoms with E-state index in [-0.39, 0.29) is 11.5 Å². The van der Waals surface area contributed by atoms with E-state index < -0.39 is 6.17 Å². The van der Waals surface area contributed by atoms with Gasteiger partial charge in [-0.25, -0.2) is 4.90 Å². The van der Waals surface area contributed by atoms with Gasteiger partial charge in [-0.2, -0.15) is 0 Å². The summed E-state index contributed by atoms with van der Waals surface area (Å²) >= 11 is 1.35. The van der Waals surface area contributed by atoms with E-state index in [2.05, 4.69) is 4.98 Å². The Labute approximate surface area is 185 Å². The van der Waals surface area contributed by atoms with Crippen LogP contribution < -0.4 is 19.9 Å². The van der Waals surface area contributed by atoms with Crippen LogP contribution in [0.25, 0.3) is 11.3 Å². The van der Waals surface area contributed by atoms with Crippen LogP contribution in [0.1, 0.15) is 37.6 Å². The van der Waals surface area contributed by atoms with Crippen LogP contribution in [-0.4, -0.2) is 28.9 Å². The van der Waals surface area contributed by atoms with Gasteiger partial charge >= 0.3 is 11.3 Å². The third-order valence-corrected chi connectivity index (χ3v) is 5.89. The Balaban J connectivity index is 2.03. The van der Waals surface area contributed by atoms with Crippen LogP contribution >= 0.6 is 11.8 Å². The Hall–Kier alpha value is -3.13. The number of H-pyrrole nitrogens is 1. The molecule has 0 bridgehead atoms. The third kappa shape index (κ3) is 3.61. The van der Waals surface area contributed by atoms with Crippen LogP contribution in [0.5, 0.6) is 5.75 Å². The SMILES string of the molecule is CCOc1ccc([C@@H]2N(C(=O)CC)c3ccccc3-c3c(=O)[nH]c(SC)n[n+]32)cc1C. The first-order valence-electron chi connectivity index (χ1n) is 10.2. The van der Waals surface area contributed by atoms with Gasteiger partial charge in [-0.3, -0.25) is 14.6 Å². The van der Waals surface area contributed by atoms with Crippen LogP contribution in [0, 0.1) is 6.92 Å². The van der Waals surface area contributed by atoms with Gasteiger partial charge in [0.2, 0.25) is 11.1 Å². The summed E-state index contributed by atoms with van der Waals surface area (Å²) in [7, 11) is 0. The number of aryl methyl sites for hydroxylation is 1. The molecule has 7 nitrogen and oxygen atoms in total. The minimum absolute atomic E-state index is 0.0464. The highest BCUT2D eigenvalue weighted by molar-refractivity contribution is 7.98. The molecule has 1 aliphatic rings. The summed E-state index contributed by atoms with van der Waals surface area (Å²) in [6.07, 6.45) is 1.60.